The van der Waals surface area contributed by atoms with Crippen LogP contribution in [0.2, 0.25) is 0 Å². The molecule has 1 aliphatic carbocycles. The molecule has 0 aromatic rings. The maximum atomic E-state index is 11.3. The van der Waals surface area contributed by atoms with Gasteiger partial charge in [-0.05, 0) is 40.5 Å². The Balaban J connectivity index is 3.01. The van der Waals surface area contributed by atoms with E-state index in [-0.39, 0.29) is 5.41 Å². The Bertz CT molecular complexity index is 225. The first-order valence-electron chi connectivity index (χ1n) is 4.16. The van der Waals surface area contributed by atoms with E-state index in [1.807, 2.05) is 0 Å². The fourth-order valence-corrected chi connectivity index (χ4v) is 1.72. The average Bonchev–Trinajstić information content (AvgIpc) is 2.18. The van der Waals surface area contributed by atoms with Crippen molar-refractivity contribution in [3.63, 3.8) is 0 Å². The minimum atomic E-state index is -0.135. The van der Waals surface area contributed by atoms with Crippen LogP contribution < -0.4 is 0 Å². The molecule has 0 heterocycles. The van der Waals surface area contributed by atoms with Crippen LogP contribution in [0.25, 0.3) is 0 Å². The van der Waals surface area contributed by atoms with Gasteiger partial charge in [0.15, 0.2) is 0 Å². The van der Waals surface area contributed by atoms with Crippen molar-refractivity contribution in [2.75, 3.05) is 0 Å². The summed E-state index contributed by atoms with van der Waals surface area (Å²) in [5, 5.41) is 0. The minimum Gasteiger partial charge on any atom is -0.299 e. The maximum Gasteiger partial charge on any atom is 0.139 e. The minimum absolute atomic E-state index is 0.135. The molecule has 0 N–H and O–H groups in total. The molecule has 0 saturated carbocycles. The molecule has 1 heteroatoms. The SMILES string of the molecule is CC(=O)C1(C)CCC(C)=C1C. The Morgan fingerprint density at radius 3 is 2.18 bits per heavy atom. The average molecular weight is 152 g/mol. The molecular weight excluding hydrogens is 136 g/mol. The third-order valence-electron chi connectivity index (χ3n) is 3.24. The van der Waals surface area contributed by atoms with Crippen molar-refractivity contribution in [3.8, 4) is 0 Å². The number of hydrogen-bond donors (Lipinski definition) is 0. The van der Waals surface area contributed by atoms with E-state index < -0.39 is 0 Å². The van der Waals surface area contributed by atoms with Crippen molar-refractivity contribution in [1.82, 2.24) is 0 Å². The molecule has 0 spiro atoms. The van der Waals surface area contributed by atoms with Crippen LogP contribution in [0.3, 0.4) is 0 Å². The van der Waals surface area contributed by atoms with E-state index in [2.05, 4.69) is 20.8 Å². The second-order valence-electron chi connectivity index (χ2n) is 3.79. The lowest BCUT2D eigenvalue weighted by Crippen LogP contribution is -2.23. The first kappa shape index (κ1) is 8.51. The van der Waals surface area contributed by atoms with E-state index in [0.717, 1.165) is 12.8 Å². The van der Waals surface area contributed by atoms with E-state index in [4.69, 9.17) is 0 Å². The van der Waals surface area contributed by atoms with Crippen molar-refractivity contribution in [1.29, 1.82) is 0 Å². The Morgan fingerprint density at radius 2 is 2.00 bits per heavy atom. The van der Waals surface area contributed by atoms with Gasteiger partial charge < -0.3 is 0 Å². The first-order chi connectivity index (χ1) is 4.98. The molecule has 0 saturated heterocycles. The van der Waals surface area contributed by atoms with Crippen LogP contribution >= 0.6 is 0 Å². The van der Waals surface area contributed by atoms with Crippen LogP contribution in [0.1, 0.15) is 40.5 Å². The van der Waals surface area contributed by atoms with Crippen LogP contribution in [0.4, 0.5) is 0 Å². The summed E-state index contributed by atoms with van der Waals surface area (Å²) in [5.41, 5.74) is 2.57. The van der Waals surface area contributed by atoms with E-state index in [1.165, 1.54) is 11.1 Å². The standard InChI is InChI=1S/C10H16O/c1-7-5-6-10(4,8(7)2)9(3)11/h5-6H2,1-4H3. The summed E-state index contributed by atoms with van der Waals surface area (Å²) in [6.07, 6.45) is 2.11. The van der Waals surface area contributed by atoms with Crippen LogP contribution in [0.15, 0.2) is 11.1 Å². The molecule has 0 radical (unpaired) electrons. The Kier molecular flexibility index (Phi) is 1.91. The molecular formula is C10H16O. The van der Waals surface area contributed by atoms with Crippen molar-refractivity contribution in [2.45, 2.75) is 40.5 Å². The molecule has 1 unspecified atom stereocenters. The van der Waals surface area contributed by atoms with Gasteiger partial charge >= 0.3 is 0 Å². The highest BCUT2D eigenvalue weighted by molar-refractivity contribution is 5.85. The van der Waals surface area contributed by atoms with Gasteiger partial charge in [0, 0.05) is 5.41 Å². The molecule has 0 fully saturated rings. The summed E-state index contributed by atoms with van der Waals surface area (Å²) >= 11 is 0. The highest BCUT2D eigenvalue weighted by Crippen LogP contribution is 2.42. The normalized spacial score (nSPS) is 31.3. The predicted octanol–water partition coefficient (Wildman–Crippen LogP) is 2.71. The number of Topliss-reactive ketones (excluding diaryl/α,β-unsaturated/α-hetero) is 1. The third-order valence-corrected chi connectivity index (χ3v) is 3.24. The molecule has 1 nitrogen and oxygen atoms in total. The van der Waals surface area contributed by atoms with E-state index in [9.17, 15) is 4.79 Å². The largest absolute Gasteiger partial charge is 0.299 e. The van der Waals surface area contributed by atoms with Gasteiger partial charge in [0.1, 0.15) is 5.78 Å². The van der Waals surface area contributed by atoms with Crippen LogP contribution in [-0.4, -0.2) is 5.78 Å². The van der Waals surface area contributed by atoms with Gasteiger partial charge in [0.25, 0.3) is 0 Å². The molecule has 0 aliphatic heterocycles. The first-order valence-corrected chi connectivity index (χ1v) is 4.16. The smallest absolute Gasteiger partial charge is 0.139 e. The zero-order valence-corrected chi connectivity index (χ0v) is 7.82. The molecule has 11 heavy (non-hydrogen) atoms. The zero-order chi connectivity index (χ0) is 8.65. The van der Waals surface area contributed by atoms with Gasteiger partial charge in [-0.1, -0.05) is 11.1 Å². The van der Waals surface area contributed by atoms with Gasteiger partial charge in [0.2, 0.25) is 0 Å². The summed E-state index contributed by atoms with van der Waals surface area (Å²) in [6, 6.07) is 0. The molecule has 62 valence electrons. The van der Waals surface area contributed by atoms with Crippen molar-refractivity contribution in [3.05, 3.63) is 11.1 Å². The highest BCUT2D eigenvalue weighted by Gasteiger charge is 2.36. The van der Waals surface area contributed by atoms with Crippen LogP contribution in [0.5, 0.6) is 0 Å². The number of carbonyl (C=O) groups excluding carboxylic acids is 1. The Labute approximate surface area is 68.5 Å². The number of rotatable bonds is 1. The fourth-order valence-electron chi connectivity index (χ4n) is 1.72. The van der Waals surface area contributed by atoms with Crippen LogP contribution in [-0.2, 0) is 4.79 Å². The van der Waals surface area contributed by atoms with E-state index in [1.54, 1.807) is 6.92 Å². The van der Waals surface area contributed by atoms with Gasteiger partial charge in [0.05, 0.1) is 0 Å². The predicted molar refractivity (Wildman–Crippen MR) is 46.4 cm³/mol. The number of ketones is 1. The molecule has 1 aliphatic rings. The molecule has 1 atom stereocenters. The summed E-state index contributed by atoms with van der Waals surface area (Å²) in [5.74, 6) is 0.312. The third kappa shape index (κ3) is 1.13. The molecule has 0 aromatic carbocycles. The summed E-state index contributed by atoms with van der Waals surface area (Å²) in [6.45, 7) is 7.97. The van der Waals surface area contributed by atoms with E-state index >= 15 is 0 Å². The van der Waals surface area contributed by atoms with Gasteiger partial charge in [-0.25, -0.2) is 0 Å². The molecule has 0 aromatic heterocycles. The lowest BCUT2D eigenvalue weighted by Gasteiger charge is -2.22. The number of hydrogen-bond acceptors (Lipinski definition) is 1. The van der Waals surface area contributed by atoms with Crippen LogP contribution in [0, 0.1) is 5.41 Å². The second kappa shape index (κ2) is 2.47. The Hall–Kier alpha value is -0.590. The van der Waals surface area contributed by atoms with Gasteiger partial charge in [-0.2, -0.15) is 0 Å². The Morgan fingerprint density at radius 1 is 1.45 bits per heavy atom. The molecule has 0 bridgehead atoms. The number of allylic oxidation sites excluding steroid dienone is 2. The van der Waals surface area contributed by atoms with Crippen molar-refractivity contribution < 1.29 is 4.79 Å². The van der Waals surface area contributed by atoms with Gasteiger partial charge in [-0.15, -0.1) is 0 Å². The highest BCUT2D eigenvalue weighted by atomic mass is 16.1. The van der Waals surface area contributed by atoms with Gasteiger partial charge in [-0.3, -0.25) is 4.79 Å². The number of carbonyl (C=O) groups is 1. The quantitative estimate of drug-likeness (QED) is 0.528. The maximum absolute atomic E-state index is 11.3. The summed E-state index contributed by atoms with van der Waals surface area (Å²) in [7, 11) is 0. The van der Waals surface area contributed by atoms with E-state index in [0.29, 0.717) is 5.78 Å². The molecule has 1 rings (SSSR count). The fraction of sp³-hybridized carbons (Fsp3) is 0.700. The molecule has 0 amide bonds. The summed E-state index contributed by atoms with van der Waals surface area (Å²) < 4.78 is 0. The second-order valence-corrected chi connectivity index (χ2v) is 3.79. The lowest BCUT2D eigenvalue weighted by atomic mass is 9.80. The monoisotopic (exact) mass is 152 g/mol. The zero-order valence-electron chi connectivity index (χ0n) is 7.82. The summed E-state index contributed by atoms with van der Waals surface area (Å²) in [4.78, 5) is 11.3. The topological polar surface area (TPSA) is 17.1 Å². The lowest BCUT2D eigenvalue weighted by molar-refractivity contribution is -0.123. The van der Waals surface area contributed by atoms with Crippen molar-refractivity contribution >= 4 is 5.78 Å². The van der Waals surface area contributed by atoms with Crippen molar-refractivity contribution in [2.24, 2.45) is 5.41 Å².